The number of nitrogens with zero attached hydrogens (tertiary/aromatic N) is 5. The lowest BCUT2D eigenvalue weighted by atomic mass is 9.86. The molecule has 36 heavy (non-hydrogen) atoms. The summed E-state index contributed by atoms with van der Waals surface area (Å²) in [7, 11) is -4.28. The molecule has 0 aliphatic carbocycles. The van der Waals surface area contributed by atoms with E-state index in [4.69, 9.17) is 22.4 Å². The summed E-state index contributed by atoms with van der Waals surface area (Å²) in [6.45, 7) is 1.17. The van der Waals surface area contributed by atoms with Crippen LogP contribution in [0, 0.1) is 0 Å². The fourth-order valence-electron chi connectivity index (χ4n) is 4.16. The molecule has 1 atom stereocenters. The quantitative estimate of drug-likeness (QED) is 0.466. The van der Waals surface area contributed by atoms with Crippen molar-refractivity contribution < 1.29 is 17.2 Å². The Hall–Kier alpha value is -2.89. The Morgan fingerprint density at radius 2 is 1.72 bits per heavy atom. The molecule has 0 radical (unpaired) electrons. The van der Waals surface area contributed by atoms with Gasteiger partial charge in [0, 0.05) is 43.4 Å². The number of benzene rings is 2. The number of guanidine groups is 1. The molecule has 0 saturated carbocycles. The summed E-state index contributed by atoms with van der Waals surface area (Å²) in [5.74, 6) is -3.08. The summed E-state index contributed by atoms with van der Waals surface area (Å²) >= 11 is 6.09. The molecule has 2 aliphatic heterocycles. The molecule has 1 unspecified atom stereocenters. The SMILES string of the molecule is C/C(N)=N/C(=N\S(=O)(=O)N1CCC(F)(F)CC1)N1CCC(c2ccccc2)C(c2ccc(Cl)cc2)=N1. The van der Waals surface area contributed by atoms with Crippen molar-refractivity contribution in [1.29, 1.82) is 0 Å². The number of rotatable bonds is 4. The molecule has 2 heterocycles. The first-order valence-corrected chi connectivity index (χ1v) is 13.3. The first kappa shape index (κ1) is 26.2. The predicted octanol–water partition coefficient (Wildman–Crippen LogP) is 4.24. The normalized spacial score (nSPS) is 21.8. The molecule has 2 aromatic rings. The minimum Gasteiger partial charge on any atom is -0.387 e. The van der Waals surface area contributed by atoms with Crippen molar-refractivity contribution in [1.82, 2.24) is 9.31 Å². The van der Waals surface area contributed by atoms with Gasteiger partial charge >= 0.3 is 10.2 Å². The minimum atomic E-state index is -4.28. The maximum absolute atomic E-state index is 13.6. The molecule has 4 rings (SSSR count). The lowest BCUT2D eigenvalue weighted by Crippen LogP contribution is -2.43. The zero-order chi connectivity index (χ0) is 25.9. The van der Waals surface area contributed by atoms with Gasteiger partial charge in [-0.05, 0) is 36.6 Å². The van der Waals surface area contributed by atoms with Gasteiger partial charge in [0.25, 0.3) is 11.9 Å². The Morgan fingerprint density at radius 1 is 1.08 bits per heavy atom. The van der Waals surface area contributed by atoms with E-state index in [0.29, 0.717) is 23.7 Å². The average molecular weight is 537 g/mol. The van der Waals surface area contributed by atoms with E-state index in [1.54, 1.807) is 12.1 Å². The fourth-order valence-corrected chi connectivity index (χ4v) is 5.39. The van der Waals surface area contributed by atoms with Gasteiger partial charge in [-0.2, -0.15) is 22.8 Å². The van der Waals surface area contributed by atoms with Gasteiger partial charge in [0.1, 0.15) is 0 Å². The van der Waals surface area contributed by atoms with E-state index in [0.717, 1.165) is 15.4 Å². The van der Waals surface area contributed by atoms with Crippen LogP contribution in [0.2, 0.25) is 5.02 Å². The highest BCUT2D eigenvalue weighted by atomic mass is 35.5. The van der Waals surface area contributed by atoms with Crippen LogP contribution in [0.15, 0.2) is 69.1 Å². The van der Waals surface area contributed by atoms with Crippen molar-refractivity contribution >= 4 is 39.3 Å². The van der Waals surface area contributed by atoms with Crippen molar-refractivity contribution in [3.05, 3.63) is 70.7 Å². The van der Waals surface area contributed by atoms with Crippen molar-refractivity contribution in [3.8, 4) is 0 Å². The summed E-state index contributed by atoms with van der Waals surface area (Å²) in [5.41, 5.74) is 8.35. The van der Waals surface area contributed by atoms with E-state index < -0.39 is 29.0 Å². The number of hydrazone groups is 1. The number of aliphatic imine (C=N–C) groups is 1. The third kappa shape index (κ3) is 6.26. The lowest BCUT2D eigenvalue weighted by molar-refractivity contribution is -0.0411. The molecule has 2 aromatic carbocycles. The Labute approximate surface area is 214 Å². The second-order valence-corrected chi connectivity index (χ2v) is 10.8. The number of amidine groups is 1. The first-order valence-electron chi connectivity index (χ1n) is 11.5. The zero-order valence-electron chi connectivity index (χ0n) is 19.7. The van der Waals surface area contributed by atoms with Gasteiger partial charge in [-0.15, -0.1) is 4.40 Å². The molecular weight excluding hydrogens is 510 g/mol. The van der Waals surface area contributed by atoms with Gasteiger partial charge < -0.3 is 5.73 Å². The molecule has 0 bridgehead atoms. The van der Waals surface area contributed by atoms with Gasteiger partial charge in [0.15, 0.2) is 0 Å². The molecule has 8 nitrogen and oxygen atoms in total. The van der Waals surface area contributed by atoms with Crippen LogP contribution in [0.4, 0.5) is 8.78 Å². The number of hydrogen-bond acceptors (Lipinski definition) is 3. The van der Waals surface area contributed by atoms with E-state index in [9.17, 15) is 17.2 Å². The van der Waals surface area contributed by atoms with Crippen LogP contribution in [-0.2, 0) is 10.2 Å². The number of alkyl halides is 2. The van der Waals surface area contributed by atoms with Crippen LogP contribution in [0.5, 0.6) is 0 Å². The monoisotopic (exact) mass is 536 g/mol. The van der Waals surface area contributed by atoms with Crippen LogP contribution >= 0.6 is 11.6 Å². The molecule has 1 saturated heterocycles. The lowest BCUT2D eigenvalue weighted by Gasteiger charge is -2.32. The summed E-state index contributed by atoms with van der Waals surface area (Å²) in [5, 5.41) is 6.73. The average Bonchev–Trinajstić information content (AvgIpc) is 2.83. The van der Waals surface area contributed by atoms with Crippen LogP contribution in [0.3, 0.4) is 0 Å². The molecule has 2 N–H and O–H groups in total. The van der Waals surface area contributed by atoms with Crippen molar-refractivity contribution in [2.75, 3.05) is 19.6 Å². The fraction of sp³-hybridized carbons (Fsp3) is 0.375. The van der Waals surface area contributed by atoms with Crippen LogP contribution in [-0.4, -0.2) is 60.8 Å². The zero-order valence-corrected chi connectivity index (χ0v) is 21.3. The smallest absolute Gasteiger partial charge is 0.325 e. The molecule has 0 aromatic heterocycles. The molecular formula is C24H27ClF2N6O2S. The molecule has 2 aliphatic rings. The van der Waals surface area contributed by atoms with E-state index in [1.165, 1.54) is 11.9 Å². The third-order valence-electron chi connectivity index (χ3n) is 6.01. The summed E-state index contributed by atoms with van der Waals surface area (Å²) in [6, 6.07) is 17.1. The van der Waals surface area contributed by atoms with Gasteiger partial charge in [0.2, 0.25) is 0 Å². The van der Waals surface area contributed by atoms with Crippen LogP contribution < -0.4 is 5.73 Å². The van der Waals surface area contributed by atoms with Gasteiger partial charge in [-0.3, -0.25) is 0 Å². The van der Waals surface area contributed by atoms with E-state index in [2.05, 4.69) is 9.39 Å². The van der Waals surface area contributed by atoms with Gasteiger partial charge in [0.05, 0.1) is 11.5 Å². The molecule has 0 amide bonds. The van der Waals surface area contributed by atoms with Gasteiger partial charge in [-0.25, -0.2) is 13.8 Å². The van der Waals surface area contributed by atoms with Crippen molar-refractivity contribution in [2.24, 2.45) is 20.2 Å². The number of piperidine rings is 1. The highest BCUT2D eigenvalue weighted by Crippen LogP contribution is 2.31. The van der Waals surface area contributed by atoms with Crippen molar-refractivity contribution in [3.63, 3.8) is 0 Å². The Balaban J connectivity index is 1.73. The second kappa shape index (κ2) is 10.6. The Bertz CT molecular complexity index is 1270. The molecule has 1 fully saturated rings. The first-order chi connectivity index (χ1) is 17.0. The van der Waals surface area contributed by atoms with Crippen molar-refractivity contribution in [2.45, 2.75) is 38.0 Å². The highest BCUT2D eigenvalue weighted by molar-refractivity contribution is 7.87. The Kier molecular flexibility index (Phi) is 7.72. The summed E-state index contributed by atoms with van der Waals surface area (Å²) in [6.07, 6.45) is -0.519. The van der Waals surface area contributed by atoms with Crippen LogP contribution in [0.1, 0.15) is 43.2 Å². The number of nitrogens with two attached hydrogens (primary N) is 1. The molecule has 0 spiro atoms. The van der Waals surface area contributed by atoms with E-state index in [-0.39, 0.29) is 30.8 Å². The van der Waals surface area contributed by atoms with E-state index >= 15 is 0 Å². The molecule has 192 valence electrons. The minimum absolute atomic E-state index is 0.0613. The number of hydrogen-bond donors (Lipinski definition) is 1. The maximum Gasteiger partial charge on any atom is 0.325 e. The third-order valence-corrected chi connectivity index (χ3v) is 7.68. The highest BCUT2D eigenvalue weighted by Gasteiger charge is 2.38. The van der Waals surface area contributed by atoms with Gasteiger partial charge in [-0.1, -0.05) is 54.1 Å². The number of halogens is 3. The van der Waals surface area contributed by atoms with Crippen LogP contribution in [0.25, 0.3) is 0 Å². The second-order valence-electron chi connectivity index (χ2n) is 8.74. The topological polar surface area (TPSA) is 104 Å². The Morgan fingerprint density at radius 3 is 2.33 bits per heavy atom. The largest absolute Gasteiger partial charge is 0.387 e. The standard InChI is InChI=1S/C24H27ClF2N6O2S/c1-17(28)29-23(31-36(34,35)32-15-12-24(26,27)13-16-32)33-14-11-21(18-5-3-2-4-6-18)22(30-33)19-7-9-20(25)10-8-19/h2-10,21H,11-16H2,1H3,(H2,28,29,31). The van der Waals surface area contributed by atoms with E-state index in [1.807, 2.05) is 42.5 Å². The predicted molar refractivity (Wildman–Crippen MR) is 138 cm³/mol. The maximum atomic E-state index is 13.6. The summed E-state index contributed by atoms with van der Waals surface area (Å²) in [4.78, 5) is 4.14. The summed E-state index contributed by atoms with van der Waals surface area (Å²) < 4.78 is 58.0. The molecule has 12 heteroatoms.